The van der Waals surface area contributed by atoms with Crippen LogP contribution in [-0.4, -0.2) is 85.7 Å². The second-order valence-electron chi connectivity index (χ2n) is 13.4. The molecule has 0 aliphatic rings. The predicted molar refractivity (Wildman–Crippen MR) is 188 cm³/mol. The van der Waals surface area contributed by atoms with Crippen LogP contribution in [0.1, 0.15) is 43.5 Å². The molecular formula is C35H41ClF3N4O5S2+. The number of imidazole rings is 1. The summed E-state index contributed by atoms with van der Waals surface area (Å²) in [6.07, 6.45) is 2.06. The summed E-state index contributed by atoms with van der Waals surface area (Å²) >= 11 is 7.44. The van der Waals surface area contributed by atoms with Crippen LogP contribution >= 0.6 is 23.4 Å². The summed E-state index contributed by atoms with van der Waals surface area (Å²) in [5, 5.41) is 10.5. The van der Waals surface area contributed by atoms with E-state index in [2.05, 4.69) is 4.98 Å². The first-order valence-electron chi connectivity index (χ1n) is 15.6. The monoisotopic (exact) mass is 753 g/mol. The molecule has 1 N–H and O–H groups in total. The average molecular weight is 754 g/mol. The summed E-state index contributed by atoms with van der Waals surface area (Å²) in [4.78, 5) is 15.9. The summed E-state index contributed by atoms with van der Waals surface area (Å²) in [6, 6.07) is 11.1. The highest BCUT2D eigenvalue weighted by atomic mass is 35.5. The number of quaternary nitrogens is 1. The Morgan fingerprint density at radius 3 is 2.24 bits per heavy atom. The van der Waals surface area contributed by atoms with Crippen molar-refractivity contribution in [2.45, 2.75) is 54.0 Å². The number of aromatic nitrogens is 2. The van der Waals surface area contributed by atoms with Gasteiger partial charge in [0.2, 0.25) is 10.0 Å². The van der Waals surface area contributed by atoms with E-state index in [1.165, 1.54) is 19.2 Å². The number of carbonyl (C=O) groups is 1. The van der Waals surface area contributed by atoms with Gasteiger partial charge in [-0.15, -0.1) is 0 Å². The van der Waals surface area contributed by atoms with E-state index in [1.54, 1.807) is 35.0 Å². The molecule has 9 nitrogen and oxygen atoms in total. The third kappa shape index (κ3) is 8.65. The van der Waals surface area contributed by atoms with Gasteiger partial charge in [0.25, 0.3) is 0 Å². The third-order valence-corrected chi connectivity index (χ3v) is 11.6. The molecule has 270 valence electrons. The van der Waals surface area contributed by atoms with Crippen molar-refractivity contribution in [1.82, 2.24) is 13.9 Å². The number of rotatable bonds is 15. The summed E-state index contributed by atoms with van der Waals surface area (Å²) in [5.41, 5.74) is 0.932. The van der Waals surface area contributed by atoms with Crippen LogP contribution in [-0.2, 0) is 26.0 Å². The number of methoxy groups -OCH3 is 1. The Kier molecular flexibility index (Phi) is 12.0. The van der Waals surface area contributed by atoms with Crippen molar-refractivity contribution < 1.29 is 40.7 Å². The number of likely N-dealkylation sites (N-methyl/N-ethyl adjacent to an activating group) is 1. The summed E-state index contributed by atoms with van der Waals surface area (Å²) in [5.74, 6) is -3.82. The van der Waals surface area contributed by atoms with E-state index in [-0.39, 0.29) is 12.2 Å². The number of halogens is 4. The Bertz CT molecular complexity index is 1940. The number of nitrogens with zero attached hydrogens (tertiary/aromatic N) is 4. The fraction of sp³-hybridized carbons (Fsp3) is 0.371. The molecule has 0 aliphatic heterocycles. The Hall–Kier alpha value is -3.56. The van der Waals surface area contributed by atoms with E-state index in [4.69, 9.17) is 16.3 Å². The minimum Gasteiger partial charge on any atom is -0.495 e. The molecule has 1 atom stereocenters. The van der Waals surface area contributed by atoms with Crippen LogP contribution in [0.2, 0.25) is 5.02 Å². The first-order chi connectivity index (χ1) is 23.3. The van der Waals surface area contributed by atoms with Crippen LogP contribution in [0.4, 0.5) is 13.2 Å². The topological polar surface area (TPSA) is 102 Å². The van der Waals surface area contributed by atoms with Gasteiger partial charge in [0, 0.05) is 29.5 Å². The zero-order valence-electron chi connectivity index (χ0n) is 28.9. The van der Waals surface area contributed by atoms with Crippen LogP contribution < -0.4 is 4.74 Å². The van der Waals surface area contributed by atoms with E-state index < -0.39 is 55.4 Å². The smallest absolute Gasteiger partial charge is 0.322 e. The highest BCUT2D eigenvalue weighted by molar-refractivity contribution is 7.98. The predicted octanol–water partition coefficient (Wildman–Crippen LogP) is 7.13. The van der Waals surface area contributed by atoms with Crippen LogP contribution in [0.3, 0.4) is 0 Å². The van der Waals surface area contributed by atoms with Gasteiger partial charge < -0.3 is 14.3 Å². The molecule has 4 rings (SSSR count). The van der Waals surface area contributed by atoms with Crippen LogP contribution in [0.25, 0.3) is 5.69 Å². The van der Waals surface area contributed by atoms with E-state index in [1.807, 2.05) is 41.1 Å². The number of hydrogen-bond donors (Lipinski definition) is 1. The molecule has 1 heterocycles. The van der Waals surface area contributed by atoms with Gasteiger partial charge in [-0.25, -0.2) is 26.6 Å². The van der Waals surface area contributed by atoms with Crippen LogP contribution in [0.5, 0.6) is 5.75 Å². The number of hydrogen-bond acceptors (Lipinski definition) is 6. The van der Waals surface area contributed by atoms with Gasteiger partial charge in [-0.05, 0) is 66.9 Å². The molecule has 0 saturated carbocycles. The molecule has 15 heteroatoms. The lowest BCUT2D eigenvalue weighted by molar-refractivity contribution is -0.870. The van der Waals surface area contributed by atoms with E-state index in [0.717, 1.165) is 24.4 Å². The van der Waals surface area contributed by atoms with Crippen LogP contribution in [0.15, 0.2) is 70.8 Å². The zero-order chi connectivity index (χ0) is 37.2. The number of sulfonamides is 1. The highest BCUT2D eigenvalue weighted by Crippen LogP contribution is 2.39. The minimum absolute atomic E-state index is 0.0191. The molecule has 0 bridgehead atoms. The number of benzene rings is 3. The van der Waals surface area contributed by atoms with Crippen molar-refractivity contribution >= 4 is 39.4 Å². The summed E-state index contributed by atoms with van der Waals surface area (Å²) in [6.45, 7) is 4.50. The van der Waals surface area contributed by atoms with Crippen molar-refractivity contribution in [1.29, 1.82) is 0 Å². The average Bonchev–Trinajstić information content (AvgIpc) is 3.46. The van der Waals surface area contributed by atoms with Crippen molar-refractivity contribution in [3.05, 3.63) is 100 Å². The molecule has 3 aromatic carbocycles. The quantitative estimate of drug-likeness (QED) is 0.102. The Morgan fingerprint density at radius 2 is 1.70 bits per heavy atom. The Morgan fingerprint density at radius 1 is 1.08 bits per heavy atom. The molecule has 0 spiro atoms. The van der Waals surface area contributed by atoms with Gasteiger partial charge in [-0.2, -0.15) is 4.31 Å². The second-order valence-corrected chi connectivity index (χ2v) is 16.7. The van der Waals surface area contributed by atoms with Gasteiger partial charge in [0.1, 0.15) is 29.2 Å². The Balaban J connectivity index is 1.66. The van der Waals surface area contributed by atoms with Crippen molar-refractivity contribution in [2.24, 2.45) is 0 Å². The van der Waals surface area contributed by atoms with E-state index in [9.17, 15) is 22.7 Å². The van der Waals surface area contributed by atoms with Gasteiger partial charge in [-0.1, -0.05) is 43.3 Å². The maximum Gasteiger partial charge on any atom is 0.322 e. The second kappa shape index (κ2) is 15.4. The standard InChI is InChI=1S/C35H40ClF3N4O5S2/c1-35(2,22-10-15-31(48-7)27(36)17-22)32-20-40-34(42(32)24-13-11-23(37)12-14-24)49-21-26-28(38)18-25(19-29(26)39)50(46,47)41(3)30(33(44)45)9-8-16-43(4,5)6/h10-15,17-20,30H,8-9,16,21H2,1-7H3/p+1/t30-/m0/s1. The van der Waals surface area contributed by atoms with Gasteiger partial charge in [-0.3, -0.25) is 9.36 Å². The molecule has 0 unspecified atom stereocenters. The molecule has 0 saturated heterocycles. The maximum atomic E-state index is 15.5. The van der Waals surface area contributed by atoms with Gasteiger partial charge in [0.15, 0.2) is 5.16 Å². The fourth-order valence-electron chi connectivity index (χ4n) is 5.48. The third-order valence-electron chi connectivity index (χ3n) is 8.50. The summed E-state index contributed by atoms with van der Waals surface area (Å²) in [7, 11) is 3.81. The number of ether oxygens (including phenoxy) is 1. The zero-order valence-corrected chi connectivity index (χ0v) is 31.3. The van der Waals surface area contributed by atoms with Gasteiger partial charge >= 0.3 is 5.97 Å². The van der Waals surface area contributed by atoms with Crippen molar-refractivity contribution in [2.75, 3.05) is 41.8 Å². The molecule has 4 aromatic rings. The molecule has 1 aromatic heterocycles. The molecule has 50 heavy (non-hydrogen) atoms. The van der Waals surface area contributed by atoms with E-state index in [0.29, 0.717) is 61.2 Å². The Labute approximate surface area is 300 Å². The minimum atomic E-state index is -4.58. The number of thioether (sulfide) groups is 1. The molecular weight excluding hydrogens is 713 g/mol. The lowest BCUT2D eigenvalue weighted by Crippen LogP contribution is -2.43. The maximum absolute atomic E-state index is 15.5. The SMILES string of the molecule is COc1ccc(C(C)(C)c2cnc(SCc3c(F)cc(S(=O)(=O)N(C)[C@@H](CCC[N+](C)(C)C)C(=O)O)cc3F)n2-c2ccc(F)cc2)cc1Cl. The molecule has 0 radical (unpaired) electrons. The largest absolute Gasteiger partial charge is 0.495 e. The first kappa shape index (κ1) is 39.2. The number of aliphatic carboxylic acids is 1. The molecule has 0 aliphatic carbocycles. The number of carboxylic acids is 1. The fourth-order valence-corrected chi connectivity index (χ4v) is 8.11. The number of carboxylic acid groups (broad SMARTS) is 1. The lowest BCUT2D eigenvalue weighted by atomic mass is 9.81. The first-order valence-corrected chi connectivity index (χ1v) is 18.4. The summed E-state index contributed by atoms with van der Waals surface area (Å²) < 4.78 is 80.1. The van der Waals surface area contributed by atoms with Crippen LogP contribution in [0, 0.1) is 17.5 Å². The van der Waals surface area contributed by atoms with Crippen molar-refractivity contribution in [3.63, 3.8) is 0 Å². The van der Waals surface area contributed by atoms with Gasteiger partial charge in [0.05, 0.1) is 56.6 Å². The highest BCUT2D eigenvalue weighted by Gasteiger charge is 2.35. The molecule has 0 amide bonds. The van der Waals surface area contributed by atoms with E-state index >= 15 is 8.78 Å². The molecule has 0 fully saturated rings. The van der Waals surface area contributed by atoms with Crippen molar-refractivity contribution in [3.8, 4) is 11.4 Å². The lowest BCUT2D eigenvalue weighted by Gasteiger charge is -2.28. The normalized spacial score (nSPS) is 13.1.